The van der Waals surface area contributed by atoms with Crippen LogP contribution in [0.1, 0.15) is 22.8 Å². The van der Waals surface area contributed by atoms with Crippen LogP contribution >= 0.6 is 11.6 Å². The summed E-state index contributed by atoms with van der Waals surface area (Å²) in [6, 6.07) is 11.3. The van der Waals surface area contributed by atoms with Gasteiger partial charge < -0.3 is 14.6 Å². The molecule has 0 aromatic heterocycles. The molecule has 2 rings (SSSR count). The Morgan fingerprint density at radius 3 is 2.38 bits per heavy atom. The number of aliphatic hydroxyl groups is 1. The largest absolute Gasteiger partial charge is 0.493 e. The van der Waals surface area contributed by atoms with Crippen LogP contribution in [0.4, 0.5) is 0 Å². The lowest BCUT2D eigenvalue weighted by Gasteiger charge is -2.15. The topological polar surface area (TPSA) is 38.7 Å². The van der Waals surface area contributed by atoms with Crippen molar-refractivity contribution in [1.82, 2.24) is 0 Å². The lowest BCUT2D eigenvalue weighted by atomic mass is 10.00. The molecule has 0 aliphatic heterocycles. The molecule has 4 heteroatoms. The highest BCUT2D eigenvalue weighted by Crippen LogP contribution is 2.31. The third-order valence-electron chi connectivity index (χ3n) is 3.39. The SMILES string of the molecule is COc1ccc(CC(O)c2ccc(C)cc2Cl)cc1OC. The maximum absolute atomic E-state index is 10.4. The number of hydrogen-bond donors (Lipinski definition) is 1. The maximum Gasteiger partial charge on any atom is 0.160 e. The molecule has 0 bridgehead atoms. The molecule has 2 aromatic rings. The number of benzene rings is 2. The van der Waals surface area contributed by atoms with Crippen LogP contribution in [-0.2, 0) is 6.42 Å². The van der Waals surface area contributed by atoms with E-state index in [1.807, 2.05) is 43.3 Å². The molecule has 112 valence electrons. The summed E-state index contributed by atoms with van der Waals surface area (Å²) in [5.74, 6) is 1.32. The first-order valence-electron chi connectivity index (χ1n) is 6.70. The third kappa shape index (κ3) is 3.69. The predicted molar refractivity (Wildman–Crippen MR) is 84.4 cm³/mol. The molecule has 0 fully saturated rings. The van der Waals surface area contributed by atoms with E-state index in [-0.39, 0.29) is 0 Å². The van der Waals surface area contributed by atoms with Crippen molar-refractivity contribution in [3.05, 3.63) is 58.1 Å². The van der Waals surface area contributed by atoms with Crippen molar-refractivity contribution in [3.8, 4) is 11.5 Å². The van der Waals surface area contributed by atoms with Crippen molar-refractivity contribution in [2.24, 2.45) is 0 Å². The van der Waals surface area contributed by atoms with E-state index in [1.54, 1.807) is 14.2 Å². The normalized spacial score (nSPS) is 12.0. The summed E-state index contributed by atoms with van der Waals surface area (Å²) >= 11 is 6.19. The van der Waals surface area contributed by atoms with Gasteiger partial charge in [0.15, 0.2) is 11.5 Å². The Morgan fingerprint density at radius 1 is 1.05 bits per heavy atom. The van der Waals surface area contributed by atoms with Crippen LogP contribution in [0, 0.1) is 6.92 Å². The quantitative estimate of drug-likeness (QED) is 0.909. The van der Waals surface area contributed by atoms with Gasteiger partial charge in [-0.15, -0.1) is 0 Å². The molecule has 0 spiro atoms. The Kier molecular flexibility index (Phi) is 5.10. The molecule has 1 unspecified atom stereocenters. The smallest absolute Gasteiger partial charge is 0.160 e. The van der Waals surface area contributed by atoms with Crippen molar-refractivity contribution in [2.45, 2.75) is 19.4 Å². The van der Waals surface area contributed by atoms with E-state index in [4.69, 9.17) is 21.1 Å². The zero-order chi connectivity index (χ0) is 15.4. The van der Waals surface area contributed by atoms with Crippen LogP contribution in [0.2, 0.25) is 5.02 Å². The average molecular weight is 307 g/mol. The monoisotopic (exact) mass is 306 g/mol. The summed E-state index contributed by atoms with van der Waals surface area (Å²) < 4.78 is 10.5. The molecule has 1 atom stereocenters. The van der Waals surface area contributed by atoms with Gasteiger partial charge in [0.25, 0.3) is 0 Å². The van der Waals surface area contributed by atoms with E-state index in [0.717, 1.165) is 16.7 Å². The van der Waals surface area contributed by atoms with Gasteiger partial charge in [0.1, 0.15) is 0 Å². The third-order valence-corrected chi connectivity index (χ3v) is 3.72. The molecule has 1 N–H and O–H groups in total. The van der Waals surface area contributed by atoms with Gasteiger partial charge in [-0.3, -0.25) is 0 Å². The molecular formula is C17H19ClO3. The van der Waals surface area contributed by atoms with Crippen molar-refractivity contribution >= 4 is 11.6 Å². The summed E-state index contributed by atoms with van der Waals surface area (Å²) in [6.45, 7) is 1.97. The lowest BCUT2D eigenvalue weighted by molar-refractivity contribution is 0.178. The van der Waals surface area contributed by atoms with E-state index in [9.17, 15) is 5.11 Å². The van der Waals surface area contributed by atoms with Crippen LogP contribution in [0.3, 0.4) is 0 Å². The number of aryl methyl sites for hydroxylation is 1. The Labute approximate surface area is 130 Å². The van der Waals surface area contributed by atoms with Crippen molar-refractivity contribution in [3.63, 3.8) is 0 Å². The second kappa shape index (κ2) is 6.83. The Bertz CT molecular complexity index is 625. The molecule has 21 heavy (non-hydrogen) atoms. The molecule has 3 nitrogen and oxygen atoms in total. The fourth-order valence-electron chi connectivity index (χ4n) is 2.24. The van der Waals surface area contributed by atoms with Gasteiger partial charge in [0.2, 0.25) is 0 Å². The molecule has 0 aliphatic carbocycles. The Hall–Kier alpha value is -1.71. The molecule has 0 saturated carbocycles. The number of rotatable bonds is 5. The van der Waals surface area contributed by atoms with Gasteiger partial charge in [-0.1, -0.05) is 29.8 Å². The molecule has 2 aromatic carbocycles. The standard InChI is InChI=1S/C17H19ClO3/c1-11-4-6-13(14(18)8-11)15(19)9-12-5-7-16(20-2)17(10-12)21-3/h4-8,10,15,19H,9H2,1-3H3. The fraction of sp³-hybridized carbons (Fsp3) is 0.294. The van der Waals surface area contributed by atoms with Gasteiger partial charge in [0, 0.05) is 11.4 Å². The van der Waals surface area contributed by atoms with Crippen LogP contribution in [0.5, 0.6) is 11.5 Å². The van der Waals surface area contributed by atoms with Gasteiger partial charge in [0.05, 0.1) is 20.3 Å². The number of ether oxygens (including phenoxy) is 2. The average Bonchev–Trinajstić information content (AvgIpc) is 2.46. The van der Waals surface area contributed by atoms with Crippen LogP contribution < -0.4 is 9.47 Å². The number of hydrogen-bond acceptors (Lipinski definition) is 3. The fourth-order valence-corrected chi connectivity index (χ4v) is 2.60. The van der Waals surface area contributed by atoms with Crippen molar-refractivity contribution < 1.29 is 14.6 Å². The van der Waals surface area contributed by atoms with Crippen molar-refractivity contribution in [2.75, 3.05) is 14.2 Å². The highest BCUT2D eigenvalue weighted by atomic mass is 35.5. The maximum atomic E-state index is 10.4. The van der Waals surface area contributed by atoms with Gasteiger partial charge in [-0.05, 0) is 41.8 Å². The minimum atomic E-state index is -0.656. The van der Waals surface area contributed by atoms with E-state index < -0.39 is 6.10 Å². The zero-order valence-corrected chi connectivity index (χ0v) is 13.1. The van der Waals surface area contributed by atoms with E-state index in [0.29, 0.717) is 22.9 Å². The minimum absolute atomic E-state index is 0.461. The summed E-state index contributed by atoms with van der Waals surface area (Å²) in [7, 11) is 3.19. The van der Waals surface area contributed by atoms with Crippen LogP contribution in [0.25, 0.3) is 0 Å². The molecular weight excluding hydrogens is 288 g/mol. The van der Waals surface area contributed by atoms with E-state index >= 15 is 0 Å². The summed E-state index contributed by atoms with van der Waals surface area (Å²) in [5.41, 5.74) is 2.76. The first-order chi connectivity index (χ1) is 10.0. The minimum Gasteiger partial charge on any atom is -0.493 e. The lowest BCUT2D eigenvalue weighted by Crippen LogP contribution is -2.03. The molecule has 0 amide bonds. The second-order valence-corrected chi connectivity index (χ2v) is 5.34. The molecule has 0 heterocycles. The highest BCUT2D eigenvalue weighted by Gasteiger charge is 2.14. The Balaban J connectivity index is 2.21. The molecule has 0 radical (unpaired) electrons. The van der Waals surface area contributed by atoms with E-state index in [1.165, 1.54) is 0 Å². The summed E-state index contributed by atoms with van der Waals surface area (Å²) in [4.78, 5) is 0. The molecule has 0 aliphatic rings. The zero-order valence-electron chi connectivity index (χ0n) is 12.4. The molecule has 0 saturated heterocycles. The highest BCUT2D eigenvalue weighted by molar-refractivity contribution is 6.31. The van der Waals surface area contributed by atoms with E-state index in [2.05, 4.69) is 0 Å². The Morgan fingerprint density at radius 2 is 1.76 bits per heavy atom. The van der Waals surface area contributed by atoms with Gasteiger partial charge in [-0.25, -0.2) is 0 Å². The second-order valence-electron chi connectivity index (χ2n) is 4.93. The van der Waals surface area contributed by atoms with Crippen LogP contribution in [0.15, 0.2) is 36.4 Å². The predicted octanol–water partition coefficient (Wildman–Crippen LogP) is 3.94. The number of halogens is 1. The first-order valence-corrected chi connectivity index (χ1v) is 7.08. The van der Waals surface area contributed by atoms with Gasteiger partial charge in [-0.2, -0.15) is 0 Å². The van der Waals surface area contributed by atoms with Gasteiger partial charge >= 0.3 is 0 Å². The summed E-state index contributed by atoms with van der Waals surface area (Å²) in [5, 5.41) is 11.0. The number of aliphatic hydroxyl groups excluding tert-OH is 1. The van der Waals surface area contributed by atoms with Crippen molar-refractivity contribution in [1.29, 1.82) is 0 Å². The van der Waals surface area contributed by atoms with Crippen LogP contribution in [-0.4, -0.2) is 19.3 Å². The first kappa shape index (κ1) is 15.7. The number of methoxy groups -OCH3 is 2. The summed E-state index contributed by atoms with van der Waals surface area (Å²) in [6.07, 6.45) is -0.195.